The largest absolute Gasteiger partial charge is 0.307 e. The maximum absolute atomic E-state index is 14.1. The first-order valence-electron chi connectivity index (χ1n) is 15.4. The van der Waals surface area contributed by atoms with E-state index in [1.54, 1.807) is 0 Å². The minimum atomic E-state index is -0.444. The predicted octanol–water partition coefficient (Wildman–Crippen LogP) is 9.80. The second-order valence-electron chi connectivity index (χ2n) is 12.4. The summed E-state index contributed by atoms with van der Waals surface area (Å²) in [4.78, 5) is 19.4. The van der Waals surface area contributed by atoms with Gasteiger partial charge in [-0.3, -0.25) is 9.36 Å². The number of imidazole rings is 1. The zero-order valence-corrected chi connectivity index (χ0v) is 25.0. The Kier molecular flexibility index (Phi) is 5.36. The van der Waals surface area contributed by atoms with E-state index in [-0.39, 0.29) is 5.91 Å². The van der Waals surface area contributed by atoms with Crippen molar-refractivity contribution in [3.05, 3.63) is 156 Å². The number of benzene rings is 6. The molecule has 8 aromatic rings. The molecule has 0 unspecified atom stereocenters. The molecule has 6 aromatic carbocycles. The van der Waals surface area contributed by atoms with Crippen molar-refractivity contribution in [3.8, 4) is 27.9 Å². The number of carbonyl (C=O) groups excluding carboxylic acids is 1. The molecule has 0 radical (unpaired) electrons. The van der Waals surface area contributed by atoms with Crippen LogP contribution in [0.25, 0.3) is 60.8 Å². The fourth-order valence-corrected chi connectivity index (χ4v) is 7.27. The summed E-state index contributed by atoms with van der Waals surface area (Å²) in [6.07, 6.45) is 0. The topological polar surface area (TPSA) is 39.8 Å². The molecule has 0 aliphatic carbocycles. The standard InChI is InChI=1S/C41H29N3O/c1-41(2)34-19-11-9-18-33(34)39(45)44-36-22-21-32-31-17-10-12-20-35(31)43(38(32)37(36)42-40(41)44)30-24-28(26-13-5-3-6-14-26)23-29(25-30)27-15-7-4-8-16-27/h3-25H,1-2H3. The zero-order valence-electron chi connectivity index (χ0n) is 25.0. The third-order valence-electron chi connectivity index (χ3n) is 9.44. The van der Waals surface area contributed by atoms with Gasteiger partial charge in [0.2, 0.25) is 0 Å². The van der Waals surface area contributed by atoms with Crippen LogP contribution in [0.2, 0.25) is 0 Å². The number of hydrogen-bond donors (Lipinski definition) is 0. The van der Waals surface area contributed by atoms with Crippen LogP contribution >= 0.6 is 0 Å². The van der Waals surface area contributed by atoms with Crippen LogP contribution in [-0.4, -0.2) is 20.0 Å². The number of hydrogen-bond acceptors (Lipinski definition) is 2. The van der Waals surface area contributed by atoms with Crippen LogP contribution in [0.5, 0.6) is 0 Å². The molecule has 0 atom stereocenters. The van der Waals surface area contributed by atoms with Crippen LogP contribution in [0, 0.1) is 0 Å². The van der Waals surface area contributed by atoms with Crippen molar-refractivity contribution in [1.82, 2.24) is 14.1 Å². The first-order valence-corrected chi connectivity index (χ1v) is 15.4. The van der Waals surface area contributed by atoms with Gasteiger partial charge in [0.15, 0.2) is 0 Å². The van der Waals surface area contributed by atoms with E-state index in [2.05, 4.69) is 140 Å². The van der Waals surface area contributed by atoms with Crippen LogP contribution in [0.4, 0.5) is 0 Å². The summed E-state index contributed by atoms with van der Waals surface area (Å²) in [7, 11) is 0. The highest BCUT2D eigenvalue weighted by molar-refractivity contribution is 6.19. The van der Waals surface area contributed by atoms with Crippen LogP contribution in [0.1, 0.15) is 35.6 Å². The summed E-state index contributed by atoms with van der Waals surface area (Å²) >= 11 is 0. The molecule has 45 heavy (non-hydrogen) atoms. The predicted molar refractivity (Wildman–Crippen MR) is 183 cm³/mol. The Morgan fingerprint density at radius 3 is 1.89 bits per heavy atom. The van der Waals surface area contributed by atoms with Gasteiger partial charge in [0.25, 0.3) is 5.91 Å². The number of rotatable bonds is 3. The van der Waals surface area contributed by atoms with Crippen molar-refractivity contribution in [3.63, 3.8) is 0 Å². The molecule has 1 aliphatic heterocycles. The Morgan fingerprint density at radius 2 is 1.18 bits per heavy atom. The van der Waals surface area contributed by atoms with E-state index >= 15 is 0 Å². The van der Waals surface area contributed by atoms with E-state index in [0.717, 1.165) is 77.7 Å². The van der Waals surface area contributed by atoms with Crippen LogP contribution < -0.4 is 0 Å². The van der Waals surface area contributed by atoms with E-state index in [1.165, 1.54) is 0 Å². The summed E-state index contributed by atoms with van der Waals surface area (Å²) in [6, 6.07) is 48.6. The molecule has 0 bridgehead atoms. The Morgan fingerprint density at radius 1 is 0.556 bits per heavy atom. The molecule has 0 N–H and O–H groups in total. The highest BCUT2D eigenvalue weighted by Gasteiger charge is 2.40. The molecule has 0 fully saturated rings. The zero-order chi connectivity index (χ0) is 30.3. The number of carbonyl (C=O) groups is 1. The average Bonchev–Trinajstić information content (AvgIpc) is 3.65. The van der Waals surface area contributed by atoms with Gasteiger partial charge in [-0.2, -0.15) is 0 Å². The minimum absolute atomic E-state index is 0.0260. The fraction of sp³-hybridized carbons (Fsp3) is 0.0732. The van der Waals surface area contributed by atoms with Crippen LogP contribution in [-0.2, 0) is 5.41 Å². The highest BCUT2D eigenvalue weighted by Crippen LogP contribution is 2.43. The van der Waals surface area contributed by atoms with Crippen LogP contribution in [0.3, 0.4) is 0 Å². The van der Waals surface area contributed by atoms with Gasteiger partial charge in [-0.25, -0.2) is 4.98 Å². The molecule has 0 saturated heterocycles. The molecular formula is C41H29N3O. The number of nitrogens with zero attached hydrogens (tertiary/aromatic N) is 3. The third-order valence-corrected chi connectivity index (χ3v) is 9.44. The molecule has 0 saturated carbocycles. The number of aromatic nitrogens is 3. The Bertz CT molecular complexity index is 2410. The first kappa shape index (κ1) is 25.7. The van der Waals surface area contributed by atoms with E-state index in [0.29, 0.717) is 0 Å². The summed E-state index contributed by atoms with van der Waals surface area (Å²) in [5.74, 6) is 0.746. The van der Waals surface area contributed by atoms with Crippen molar-refractivity contribution in [2.75, 3.05) is 0 Å². The first-order chi connectivity index (χ1) is 22.0. The molecule has 4 heteroatoms. The van der Waals surface area contributed by atoms with Gasteiger partial charge < -0.3 is 4.57 Å². The van der Waals surface area contributed by atoms with Gasteiger partial charge in [-0.05, 0) is 84.1 Å². The number of fused-ring (bicyclic) bond motifs is 8. The van der Waals surface area contributed by atoms with Gasteiger partial charge in [-0.1, -0.05) is 97.1 Å². The number of para-hydroxylation sites is 1. The molecule has 214 valence electrons. The van der Waals surface area contributed by atoms with E-state index < -0.39 is 5.41 Å². The molecule has 4 nitrogen and oxygen atoms in total. The lowest BCUT2D eigenvalue weighted by Crippen LogP contribution is -2.35. The maximum Gasteiger partial charge on any atom is 0.264 e. The molecule has 0 spiro atoms. The molecule has 2 aromatic heterocycles. The van der Waals surface area contributed by atoms with E-state index in [4.69, 9.17) is 4.98 Å². The van der Waals surface area contributed by atoms with Gasteiger partial charge >= 0.3 is 0 Å². The van der Waals surface area contributed by atoms with Gasteiger partial charge in [-0.15, -0.1) is 0 Å². The molecule has 9 rings (SSSR count). The quantitative estimate of drug-likeness (QED) is 0.209. The molecule has 3 heterocycles. The van der Waals surface area contributed by atoms with Gasteiger partial charge in [0.1, 0.15) is 11.3 Å². The second kappa shape index (κ2) is 9.38. The smallest absolute Gasteiger partial charge is 0.264 e. The minimum Gasteiger partial charge on any atom is -0.307 e. The van der Waals surface area contributed by atoms with Gasteiger partial charge in [0, 0.05) is 27.4 Å². The van der Waals surface area contributed by atoms with E-state index in [9.17, 15) is 4.79 Å². The third kappa shape index (κ3) is 3.66. The summed E-state index contributed by atoms with van der Waals surface area (Å²) in [5, 5.41) is 2.27. The Balaban J connectivity index is 1.41. The van der Waals surface area contributed by atoms with Crippen molar-refractivity contribution in [2.45, 2.75) is 19.3 Å². The Labute approximate surface area is 260 Å². The van der Waals surface area contributed by atoms with Crippen molar-refractivity contribution in [2.24, 2.45) is 0 Å². The normalized spacial score (nSPS) is 13.8. The molecule has 0 amide bonds. The lowest BCUT2D eigenvalue weighted by Gasteiger charge is -2.31. The molecule has 1 aliphatic rings. The summed E-state index contributed by atoms with van der Waals surface area (Å²) < 4.78 is 4.18. The molecular weight excluding hydrogens is 550 g/mol. The van der Waals surface area contributed by atoms with Gasteiger partial charge in [0.05, 0.1) is 16.6 Å². The van der Waals surface area contributed by atoms with Crippen molar-refractivity contribution >= 4 is 38.7 Å². The van der Waals surface area contributed by atoms with E-state index in [1.807, 2.05) is 22.8 Å². The monoisotopic (exact) mass is 579 g/mol. The van der Waals surface area contributed by atoms with Crippen LogP contribution in [0.15, 0.2) is 140 Å². The van der Waals surface area contributed by atoms with Crippen molar-refractivity contribution in [1.29, 1.82) is 0 Å². The summed E-state index contributed by atoms with van der Waals surface area (Å²) in [6.45, 7) is 4.33. The SMILES string of the molecule is CC1(C)c2ccccc2C(=O)n2c1nc1c2ccc2c3ccccc3n(-c3cc(-c4ccccc4)cc(-c4ccccc4)c3)c21. The lowest BCUT2D eigenvalue weighted by atomic mass is 9.78. The van der Waals surface area contributed by atoms with Crippen molar-refractivity contribution < 1.29 is 4.79 Å². The highest BCUT2D eigenvalue weighted by atomic mass is 16.2. The Hall–Kier alpha value is -5.74. The lowest BCUT2D eigenvalue weighted by molar-refractivity contribution is 0.0948. The maximum atomic E-state index is 14.1. The fourth-order valence-electron chi connectivity index (χ4n) is 7.27. The summed E-state index contributed by atoms with van der Waals surface area (Å²) in [5.41, 5.74) is 10.7. The average molecular weight is 580 g/mol. The second-order valence-corrected chi connectivity index (χ2v) is 12.4.